The van der Waals surface area contributed by atoms with Gasteiger partial charge < -0.3 is 9.47 Å². The summed E-state index contributed by atoms with van der Waals surface area (Å²) in [5.41, 5.74) is 3.07. The lowest BCUT2D eigenvalue weighted by Gasteiger charge is -2.05. The van der Waals surface area contributed by atoms with Crippen LogP contribution in [0.5, 0.6) is 5.75 Å². The zero-order valence-corrected chi connectivity index (χ0v) is 13.3. The van der Waals surface area contributed by atoms with Crippen molar-refractivity contribution in [3.8, 4) is 5.75 Å². The number of hydrogen-bond acceptors (Lipinski definition) is 7. The third-order valence-electron chi connectivity index (χ3n) is 3.76. The number of carbonyl (C=O) groups is 2. The van der Waals surface area contributed by atoms with Crippen molar-refractivity contribution < 1.29 is 19.1 Å². The van der Waals surface area contributed by atoms with Crippen molar-refractivity contribution in [3.63, 3.8) is 0 Å². The molecule has 2 heterocycles. The standard InChI is InChI=1S/C17H10N2O4S/c1-22-11-5-2-9(3-6-11)14-15(17(21)23-16(14)20)10-4-7-12-13(8-10)19-24-18-12/h2-8H,1H3. The molecule has 118 valence electrons. The topological polar surface area (TPSA) is 78.4 Å². The summed E-state index contributed by atoms with van der Waals surface area (Å²) in [6.45, 7) is 0. The number of methoxy groups -OCH3 is 1. The van der Waals surface area contributed by atoms with Gasteiger partial charge in [0.2, 0.25) is 0 Å². The lowest BCUT2D eigenvalue weighted by atomic mass is 9.96. The van der Waals surface area contributed by atoms with Crippen LogP contribution in [0.1, 0.15) is 11.1 Å². The molecule has 24 heavy (non-hydrogen) atoms. The molecule has 0 fully saturated rings. The third kappa shape index (κ3) is 2.26. The second-order valence-corrected chi connectivity index (χ2v) is 5.65. The van der Waals surface area contributed by atoms with Crippen molar-refractivity contribution in [2.24, 2.45) is 0 Å². The van der Waals surface area contributed by atoms with Crippen molar-refractivity contribution in [1.29, 1.82) is 0 Å². The van der Waals surface area contributed by atoms with Gasteiger partial charge >= 0.3 is 11.9 Å². The maximum Gasteiger partial charge on any atom is 0.347 e. The Morgan fingerprint density at radius 1 is 0.875 bits per heavy atom. The largest absolute Gasteiger partial charge is 0.497 e. The molecule has 0 saturated heterocycles. The molecule has 0 bridgehead atoms. The Labute approximate surface area is 140 Å². The Morgan fingerprint density at radius 2 is 1.50 bits per heavy atom. The van der Waals surface area contributed by atoms with Crippen LogP contribution in [0.4, 0.5) is 0 Å². The monoisotopic (exact) mass is 338 g/mol. The summed E-state index contributed by atoms with van der Waals surface area (Å²) in [5.74, 6) is -0.654. The first-order valence-electron chi connectivity index (χ1n) is 7.05. The average Bonchev–Trinajstić information content (AvgIpc) is 3.17. The van der Waals surface area contributed by atoms with Gasteiger partial charge in [-0.25, -0.2) is 9.59 Å². The number of nitrogens with zero attached hydrogens (tertiary/aromatic N) is 2. The number of carbonyl (C=O) groups excluding carboxylic acids is 2. The molecular formula is C17H10N2O4S. The van der Waals surface area contributed by atoms with Crippen LogP contribution in [0.15, 0.2) is 42.5 Å². The van der Waals surface area contributed by atoms with Crippen LogP contribution in [-0.4, -0.2) is 27.8 Å². The van der Waals surface area contributed by atoms with Crippen molar-refractivity contribution >= 4 is 45.8 Å². The van der Waals surface area contributed by atoms with Crippen LogP contribution in [0.3, 0.4) is 0 Å². The Balaban J connectivity index is 1.90. The fraction of sp³-hybridized carbons (Fsp3) is 0.0588. The average molecular weight is 338 g/mol. The summed E-state index contributed by atoms with van der Waals surface area (Å²) in [7, 11) is 1.56. The molecule has 0 radical (unpaired) electrons. The Bertz CT molecular complexity index is 1000. The highest BCUT2D eigenvalue weighted by molar-refractivity contribution is 7.00. The van der Waals surface area contributed by atoms with Gasteiger partial charge in [0, 0.05) is 0 Å². The van der Waals surface area contributed by atoms with Gasteiger partial charge in [-0.3, -0.25) is 0 Å². The highest BCUT2D eigenvalue weighted by atomic mass is 32.1. The third-order valence-corrected chi connectivity index (χ3v) is 4.32. The molecule has 0 unspecified atom stereocenters. The van der Waals surface area contributed by atoms with E-state index in [1.165, 1.54) is 0 Å². The lowest BCUT2D eigenvalue weighted by molar-refractivity contribution is -0.149. The van der Waals surface area contributed by atoms with Crippen LogP contribution >= 0.6 is 11.7 Å². The summed E-state index contributed by atoms with van der Waals surface area (Å²) in [6, 6.07) is 12.1. The molecule has 3 aromatic rings. The van der Waals surface area contributed by atoms with E-state index >= 15 is 0 Å². The van der Waals surface area contributed by atoms with Gasteiger partial charge in [-0.2, -0.15) is 8.75 Å². The maximum absolute atomic E-state index is 12.2. The van der Waals surface area contributed by atoms with E-state index in [9.17, 15) is 9.59 Å². The Morgan fingerprint density at radius 3 is 2.21 bits per heavy atom. The van der Waals surface area contributed by atoms with Gasteiger partial charge in [-0.1, -0.05) is 18.2 Å². The summed E-state index contributed by atoms with van der Waals surface area (Å²) >= 11 is 1.09. The lowest BCUT2D eigenvalue weighted by Crippen LogP contribution is -2.02. The van der Waals surface area contributed by atoms with E-state index in [1.54, 1.807) is 49.6 Å². The van der Waals surface area contributed by atoms with E-state index in [0.717, 1.165) is 17.2 Å². The molecular weight excluding hydrogens is 328 g/mol. The van der Waals surface area contributed by atoms with Crippen LogP contribution < -0.4 is 4.74 Å². The molecule has 0 N–H and O–H groups in total. The van der Waals surface area contributed by atoms with Gasteiger partial charge in [-0.15, -0.1) is 0 Å². The predicted molar refractivity (Wildman–Crippen MR) is 88.3 cm³/mol. The number of ether oxygens (including phenoxy) is 2. The fourth-order valence-corrected chi connectivity index (χ4v) is 3.13. The van der Waals surface area contributed by atoms with Crippen molar-refractivity contribution in [2.45, 2.75) is 0 Å². The zero-order chi connectivity index (χ0) is 16.7. The molecule has 0 spiro atoms. The Kier molecular flexibility index (Phi) is 3.35. The molecule has 0 aliphatic carbocycles. The van der Waals surface area contributed by atoms with Crippen molar-refractivity contribution in [1.82, 2.24) is 8.75 Å². The zero-order valence-electron chi connectivity index (χ0n) is 12.5. The molecule has 1 aliphatic heterocycles. The van der Waals surface area contributed by atoms with E-state index in [0.29, 0.717) is 22.4 Å². The number of fused-ring (bicyclic) bond motifs is 1. The van der Waals surface area contributed by atoms with Crippen LogP contribution in [-0.2, 0) is 14.3 Å². The molecule has 2 aromatic carbocycles. The van der Waals surface area contributed by atoms with Crippen molar-refractivity contribution in [2.75, 3.05) is 7.11 Å². The Hall–Kier alpha value is -3.06. The number of esters is 2. The van der Waals surface area contributed by atoms with E-state index in [1.807, 2.05) is 0 Å². The minimum Gasteiger partial charge on any atom is -0.497 e. The normalized spacial score (nSPS) is 14.4. The van der Waals surface area contributed by atoms with E-state index < -0.39 is 11.9 Å². The van der Waals surface area contributed by atoms with Crippen LogP contribution in [0, 0.1) is 0 Å². The first-order chi connectivity index (χ1) is 11.7. The highest BCUT2D eigenvalue weighted by Gasteiger charge is 2.35. The predicted octanol–water partition coefficient (Wildman–Crippen LogP) is 2.69. The SMILES string of the molecule is COc1ccc(C2=C(c3ccc4nsnc4c3)C(=O)OC2=O)cc1. The van der Waals surface area contributed by atoms with Crippen LogP contribution in [0.2, 0.25) is 0 Å². The summed E-state index contributed by atoms with van der Waals surface area (Å²) < 4.78 is 18.2. The van der Waals surface area contributed by atoms with Gasteiger partial charge in [0.05, 0.1) is 30.0 Å². The first kappa shape index (κ1) is 14.5. The molecule has 4 rings (SSSR count). The molecule has 0 saturated carbocycles. The fourth-order valence-electron chi connectivity index (χ4n) is 2.61. The summed E-state index contributed by atoms with van der Waals surface area (Å²) in [4.78, 5) is 24.4. The van der Waals surface area contributed by atoms with Crippen LogP contribution in [0.25, 0.3) is 22.2 Å². The van der Waals surface area contributed by atoms with Gasteiger partial charge in [0.1, 0.15) is 16.8 Å². The van der Waals surface area contributed by atoms with Gasteiger partial charge in [0.15, 0.2) is 0 Å². The van der Waals surface area contributed by atoms with Gasteiger partial charge in [0.25, 0.3) is 0 Å². The molecule has 1 aliphatic rings. The van der Waals surface area contributed by atoms with E-state index in [2.05, 4.69) is 8.75 Å². The maximum atomic E-state index is 12.2. The number of cyclic esters (lactones) is 2. The number of rotatable bonds is 3. The number of benzene rings is 2. The minimum absolute atomic E-state index is 0.236. The summed E-state index contributed by atoms with van der Waals surface area (Å²) in [5, 5.41) is 0. The minimum atomic E-state index is -0.659. The smallest absolute Gasteiger partial charge is 0.347 e. The highest BCUT2D eigenvalue weighted by Crippen LogP contribution is 2.35. The first-order valence-corrected chi connectivity index (χ1v) is 7.78. The number of hydrogen-bond donors (Lipinski definition) is 0. The molecule has 0 atom stereocenters. The number of aromatic nitrogens is 2. The van der Waals surface area contributed by atoms with Crippen molar-refractivity contribution in [3.05, 3.63) is 53.6 Å². The molecule has 1 aromatic heterocycles. The molecule has 7 heteroatoms. The van der Waals surface area contributed by atoms with Gasteiger partial charge in [-0.05, 0) is 35.4 Å². The quantitative estimate of drug-likeness (QED) is 0.540. The van der Waals surface area contributed by atoms with E-state index in [-0.39, 0.29) is 11.1 Å². The summed E-state index contributed by atoms with van der Waals surface area (Å²) in [6.07, 6.45) is 0. The van der Waals surface area contributed by atoms with E-state index in [4.69, 9.17) is 9.47 Å². The molecule has 6 nitrogen and oxygen atoms in total. The second kappa shape index (κ2) is 5.54. The second-order valence-electron chi connectivity index (χ2n) is 5.12. The molecule has 0 amide bonds.